The number of rotatable bonds is 8. The molecule has 1 heterocycles. The van der Waals surface area contributed by atoms with Crippen molar-refractivity contribution in [3.63, 3.8) is 0 Å². The fourth-order valence-corrected chi connectivity index (χ4v) is 5.03. The van der Waals surface area contributed by atoms with E-state index in [-0.39, 0.29) is 18.2 Å². The molecule has 36 heavy (non-hydrogen) atoms. The summed E-state index contributed by atoms with van der Waals surface area (Å²) in [6, 6.07) is 20.2. The van der Waals surface area contributed by atoms with Crippen molar-refractivity contribution in [1.29, 1.82) is 0 Å². The van der Waals surface area contributed by atoms with E-state index < -0.39 is 6.04 Å². The highest BCUT2D eigenvalue weighted by Gasteiger charge is 2.34. The summed E-state index contributed by atoms with van der Waals surface area (Å²) in [5, 5.41) is 3.62. The molecular weight excluding hydrogens is 542 g/mol. The number of anilines is 2. The number of carbonyl (C=O) groups excluding carboxylic acids is 2. The summed E-state index contributed by atoms with van der Waals surface area (Å²) in [6.07, 6.45) is 1.71. The third-order valence-corrected chi connectivity index (χ3v) is 7.20. The molecule has 0 unspecified atom stereocenters. The van der Waals surface area contributed by atoms with Crippen LogP contribution in [0.4, 0.5) is 11.4 Å². The van der Waals surface area contributed by atoms with E-state index >= 15 is 0 Å². The molecule has 0 aromatic heterocycles. The van der Waals surface area contributed by atoms with Crippen molar-refractivity contribution >= 4 is 50.7 Å². The minimum absolute atomic E-state index is 0.0395. The fraction of sp³-hybridized carbons (Fsp3) is 0.286. The molecule has 3 aromatic carbocycles. The number of amides is 2. The largest absolute Gasteiger partial charge is 0.487 e. The van der Waals surface area contributed by atoms with Gasteiger partial charge in [0.15, 0.2) is 0 Å². The van der Waals surface area contributed by atoms with Gasteiger partial charge in [0.25, 0.3) is 0 Å². The zero-order valence-electron chi connectivity index (χ0n) is 20.3. The van der Waals surface area contributed by atoms with Gasteiger partial charge in [0.1, 0.15) is 18.4 Å². The maximum Gasteiger partial charge on any atom is 0.247 e. The molecule has 1 atom stereocenters. The van der Waals surface area contributed by atoms with Gasteiger partial charge in [-0.3, -0.25) is 9.59 Å². The Morgan fingerprint density at radius 2 is 1.86 bits per heavy atom. The van der Waals surface area contributed by atoms with E-state index in [1.54, 1.807) is 17.0 Å². The lowest BCUT2D eigenvalue weighted by Crippen LogP contribution is -2.43. The smallest absolute Gasteiger partial charge is 0.247 e. The van der Waals surface area contributed by atoms with E-state index in [1.807, 2.05) is 73.6 Å². The molecule has 0 radical (unpaired) electrons. The Hall–Kier alpha value is -3.03. The molecule has 8 heteroatoms. The molecule has 1 saturated heterocycles. The van der Waals surface area contributed by atoms with E-state index in [2.05, 4.69) is 21.2 Å². The van der Waals surface area contributed by atoms with Crippen molar-refractivity contribution in [2.24, 2.45) is 0 Å². The topological polar surface area (TPSA) is 61.9 Å². The summed E-state index contributed by atoms with van der Waals surface area (Å²) in [6.45, 7) is 0.890. The number of hydrogen-bond donors (Lipinski definition) is 1. The minimum atomic E-state index is -0.503. The van der Waals surface area contributed by atoms with E-state index in [0.29, 0.717) is 36.0 Å². The summed E-state index contributed by atoms with van der Waals surface area (Å²) >= 11 is 9.53. The molecule has 6 nitrogen and oxygen atoms in total. The molecule has 1 fully saturated rings. The van der Waals surface area contributed by atoms with E-state index in [1.165, 1.54) is 0 Å². The van der Waals surface area contributed by atoms with Crippen LogP contribution in [0, 0.1) is 0 Å². The van der Waals surface area contributed by atoms with Gasteiger partial charge in [0, 0.05) is 41.4 Å². The van der Waals surface area contributed by atoms with Crippen LogP contribution in [0.2, 0.25) is 5.02 Å². The Morgan fingerprint density at radius 1 is 1.11 bits per heavy atom. The zero-order valence-corrected chi connectivity index (χ0v) is 22.7. The van der Waals surface area contributed by atoms with Crippen LogP contribution in [0.5, 0.6) is 5.75 Å². The van der Waals surface area contributed by atoms with Crippen molar-refractivity contribution in [3.05, 3.63) is 87.4 Å². The van der Waals surface area contributed by atoms with Gasteiger partial charge in [-0.05, 0) is 54.8 Å². The Bertz CT molecular complexity index is 1230. The van der Waals surface area contributed by atoms with Crippen molar-refractivity contribution in [1.82, 2.24) is 4.90 Å². The lowest BCUT2D eigenvalue weighted by molar-refractivity contribution is -0.136. The second-order valence-corrected chi connectivity index (χ2v) is 10.3. The first-order chi connectivity index (χ1) is 17.3. The van der Waals surface area contributed by atoms with Crippen LogP contribution >= 0.6 is 27.5 Å². The monoisotopic (exact) mass is 569 g/mol. The lowest BCUT2D eigenvalue weighted by atomic mass is 10.1. The SMILES string of the molecule is CN(C)c1ccc(CC(=O)N2CCC[C@@H]2C(=O)Nc2ccccc2OCc2ccc(Cl)cc2Br)cc1. The summed E-state index contributed by atoms with van der Waals surface area (Å²) in [5.41, 5.74) is 3.52. The van der Waals surface area contributed by atoms with Gasteiger partial charge in [-0.2, -0.15) is 0 Å². The number of para-hydroxylation sites is 2. The van der Waals surface area contributed by atoms with E-state index in [9.17, 15) is 9.59 Å². The number of benzene rings is 3. The van der Waals surface area contributed by atoms with Crippen LogP contribution in [0.3, 0.4) is 0 Å². The minimum Gasteiger partial charge on any atom is -0.487 e. The molecule has 1 N–H and O–H groups in total. The van der Waals surface area contributed by atoms with Crippen LogP contribution in [-0.4, -0.2) is 43.4 Å². The third kappa shape index (κ3) is 6.39. The summed E-state index contributed by atoms with van der Waals surface area (Å²) in [7, 11) is 3.96. The van der Waals surface area contributed by atoms with E-state index in [4.69, 9.17) is 16.3 Å². The third-order valence-electron chi connectivity index (χ3n) is 6.23. The quantitative estimate of drug-likeness (QED) is 0.365. The van der Waals surface area contributed by atoms with Crippen molar-refractivity contribution in [2.75, 3.05) is 30.9 Å². The van der Waals surface area contributed by atoms with Gasteiger partial charge >= 0.3 is 0 Å². The maximum atomic E-state index is 13.2. The van der Waals surface area contributed by atoms with Crippen molar-refractivity contribution in [3.8, 4) is 5.75 Å². The predicted octanol–water partition coefficient (Wildman–Crippen LogP) is 5.92. The highest BCUT2D eigenvalue weighted by atomic mass is 79.9. The first kappa shape index (κ1) is 26.0. The summed E-state index contributed by atoms with van der Waals surface area (Å²) in [5.74, 6) is 0.319. The molecule has 4 rings (SSSR count). The van der Waals surface area contributed by atoms with Gasteiger partial charge in [0.05, 0.1) is 12.1 Å². The molecule has 0 bridgehead atoms. The molecule has 2 amide bonds. The second-order valence-electron chi connectivity index (χ2n) is 8.99. The lowest BCUT2D eigenvalue weighted by Gasteiger charge is -2.24. The van der Waals surface area contributed by atoms with Crippen LogP contribution in [0.25, 0.3) is 0 Å². The number of nitrogens with one attached hydrogen (secondary N) is 1. The summed E-state index contributed by atoms with van der Waals surface area (Å²) < 4.78 is 6.87. The zero-order chi connectivity index (χ0) is 25.7. The molecule has 3 aromatic rings. The number of ether oxygens (including phenoxy) is 1. The molecule has 0 spiro atoms. The van der Waals surface area contributed by atoms with Gasteiger partial charge in [-0.1, -0.05) is 57.9 Å². The number of carbonyl (C=O) groups is 2. The van der Waals surface area contributed by atoms with Crippen LogP contribution in [0.1, 0.15) is 24.0 Å². The molecular formula is C28H29BrClN3O3. The van der Waals surface area contributed by atoms with E-state index in [0.717, 1.165) is 27.7 Å². The number of likely N-dealkylation sites (tertiary alicyclic amines) is 1. The highest BCUT2D eigenvalue weighted by molar-refractivity contribution is 9.10. The first-order valence-corrected chi connectivity index (χ1v) is 13.0. The molecule has 1 aliphatic rings. The van der Waals surface area contributed by atoms with Gasteiger partial charge in [-0.25, -0.2) is 0 Å². The van der Waals surface area contributed by atoms with Crippen LogP contribution < -0.4 is 15.0 Å². The Labute approximate surface area is 225 Å². The highest BCUT2D eigenvalue weighted by Crippen LogP contribution is 2.29. The van der Waals surface area contributed by atoms with Crippen molar-refractivity contribution < 1.29 is 14.3 Å². The average molecular weight is 571 g/mol. The summed E-state index contributed by atoms with van der Waals surface area (Å²) in [4.78, 5) is 30.0. The Balaban J connectivity index is 1.40. The first-order valence-electron chi connectivity index (χ1n) is 11.8. The molecule has 188 valence electrons. The van der Waals surface area contributed by atoms with Gasteiger partial charge < -0.3 is 19.9 Å². The second kappa shape index (κ2) is 11.8. The van der Waals surface area contributed by atoms with Gasteiger partial charge in [-0.15, -0.1) is 0 Å². The maximum absolute atomic E-state index is 13.2. The normalized spacial score (nSPS) is 15.0. The molecule has 0 saturated carbocycles. The van der Waals surface area contributed by atoms with Crippen molar-refractivity contribution in [2.45, 2.75) is 31.9 Å². The number of hydrogen-bond acceptors (Lipinski definition) is 4. The standard InChI is InChI=1S/C28H29BrClN3O3/c1-32(2)22-13-9-19(10-14-22)16-27(34)33-15-5-7-25(33)28(35)31-24-6-3-4-8-26(24)36-18-20-11-12-21(30)17-23(20)29/h3-4,6,8-14,17,25H,5,7,15-16,18H2,1-2H3,(H,31,35)/t25-/m1/s1. The molecule has 0 aliphatic carbocycles. The number of halogens is 2. The van der Waals surface area contributed by atoms with Gasteiger partial charge in [0.2, 0.25) is 11.8 Å². The Morgan fingerprint density at radius 3 is 2.58 bits per heavy atom. The van der Waals surface area contributed by atoms with Crippen LogP contribution in [-0.2, 0) is 22.6 Å². The number of nitrogens with zero attached hydrogens (tertiary/aromatic N) is 2. The molecule has 1 aliphatic heterocycles. The average Bonchev–Trinajstić information content (AvgIpc) is 3.35. The predicted molar refractivity (Wildman–Crippen MR) is 148 cm³/mol. The fourth-order valence-electron chi connectivity index (χ4n) is 4.23. The van der Waals surface area contributed by atoms with Crippen LogP contribution in [0.15, 0.2) is 71.2 Å². The Kier molecular flexibility index (Phi) is 8.54.